The van der Waals surface area contributed by atoms with Crippen molar-refractivity contribution in [1.82, 2.24) is 10.2 Å². The van der Waals surface area contributed by atoms with Crippen molar-refractivity contribution in [2.24, 2.45) is 0 Å². The molecule has 1 saturated heterocycles. The summed E-state index contributed by atoms with van der Waals surface area (Å²) in [7, 11) is 1.59. The van der Waals surface area contributed by atoms with Crippen molar-refractivity contribution < 1.29 is 14.3 Å². The number of benzene rings is 1. The van der Waals surface area contributed by atoms with Gasteiger partial charge in [0.15, 0.2) is 0 Å². The van der Waals surface area contributed by atoms with Crippen molar-refractivity contribution in [2.75, 3.05) is 20.1 Å². The van der Waals surface area contributed by atoms with E-state index in [-0.39, 0.29) is 11.6 Å². The van der Waals surface area contributed by atoms with Gasteiger partial charge in [-0.25, -0.2) is 4.39 Å². The molecule has 1 fully saturated rings. The van der Waals surface area contributed by atoms with E-state index >= 15 is 0 Å². The van der Waals surface area contributed by atoms with Crippen LogP contribution in [0.5, 0.6) is 0 Å². The van der Waals surface area contributed by atoms with Crippen LogP contribution < -0.4 is 5.32 Å². The maximum absolute atomic E-state index is 13.6. The number of nitrogens with zero attached hydrogens (tertiary/aromatic N) is 1. The topological polar surface area (TPSA) is 52.6 Å². The third kappa shape index (κ3) is 2.37. The Kier molecular flexibility index (Phi) is 3.63. The van der Waals surface area contributed by atoms with Crippen LogP contribution in [0.1, 0.15) is 15.9 Å². The molecule has 2 atom stereocenters. The molecule has 4 nitrogen and oxygen atoms in total. The molecule has 1 aliphatic rings. The second-order valence-corrected chi connectivity index (χ2v) is 4.69. The maximum atomic E-state index is 13.6. The van der Waals surface area contributed by atoms with Crippen molar-refractivity contribution in [3.8, 4) is 0 Å². The zero-order valence-corrected chi connectivity index (χ0v) is 10.5. The van der Waals surface area contributed by atoms with Gasteiger partial charge < -0.3 is 15.3 Å². The summed E-state index contributed by atoms with van der Waals surface area (Å²) in [4.78, 5) is 13.6. The highest BCUT2D eigenvalue weighted by atomic mass is 19.1. The van der Waals surface area contributed by atoms with Gasteiger partial charge >= 0.3 is 0 Å². The second kappa shape index (κ2) is 5.04. The molecule has 2 rings (SSSR count). The summed E-state index contributed by atoms with van der Waals surface area (Å²) in [6.07, 6.45) is -0.605. The van der Waals surface area contributed by atoms with Gasteiger partial charge in [-0.15, -0.1) is 0 Å². The van der Waals surface area contributed by atoms with Crippen molar-refractivity contribution >= 4 is 5.91 Å². The van der Waals surface area contributed by atoms with Crippen molar-refractivity contribution in [1.29, 1.82) is 0 Å². The maximum Gasteiger partial charge on any atom is 0.256 e. The summed E-state index contributed by atoms with van der Waals surface area (Å²) in [6.45, 7) is 2.79. The van der Waals surface area contributed by atoms with E-state index in [0.717, 1.165) is 5.56 Å². The van der Waals surface area contributed by atoms with E-state index in [1.165, 1.54) is 17.0 Å². The molecule has 0 saturated carbocycles. The molecule has 0 aliphatic carbocycles. The quantitative estimate of drug-likeness (QED) is 0.807. The third-order valence-electron chi connectivity index (χ3n) is 3.32. The number of carbonyl (C=O) groups excluding carboxylic acids is 1. The minimum Gasteiger partial charge on any atom is -0.390 e. The Morgan fingerprint density at radius 1 is 1.50 bits per heavy atom. The van der Waals surface area contributed by atoms with E-state index in [9.17, 15) is 14.3 Å². The van der Waals surface area contributed by atoms with Crippen LogP contribution in [-0.2, 0) is 0 Å². The minimum absolute atomic E-state index is 0.0524. The normalized spacial score (nSPS) is 23.1. The standard InChI is InChI=1S/C13H17FN2O2/c1-8-3-4-10(14)9(5-8)13(18)16(2)11-6-15-7-12(11)17/h3-5,11-12,15,17H,6-7H2,1-2H3/t11-,12-/m0/s1. The number of nitrogens with one attached hydrogen (secondary N) is 1. The number of amides is 1. The van der Waals surface area contributed by atoms with E-state index in [1.54, 1.807) is 13.1 Å². The Morgan fingerprint density at radius 3 is 2.83 bits per heavy atom. The Morgan fingerprint density at radius 2 is 2.22 bits per heavy atom. The molecular formula is C13H17FN2O2. The molecule has 0 radical (unpaired) electrons. The monoisotopic (exact) mass is 252 g/mol. The first-order valence-corrected chi connectivity index (χ1v) is 5.93. The predicted octanol–water partition coefficient (Wildman–Crippen LogP) is 0.539. The summed E-state index contributed by atoms with van der Waals surface area (Å²) in [6, 6.07) is 4.14. The highest BCUT2D eigenvalue weighted by molar-refractivity contribution is 5.94. The van der Waals surface area contributed by atoms with Crippen LogP contribution in [0.3, 0.4) is 0 Å². The molecule has 0 unspecified atom stereocenters. The number of rotatable bonds is 2. The van der Waals surface area contributed by atoms with Gasteiger partial charge in [-0.05, 0) is 19.1 Å². The number of hydrogen-bond donors (Lipinski definition) is 2. The lowest BCUT2D eigenvalue weighted by Gasteiger charge is -2.26. The number of halogens is 1. The van der Waals surface area contributed by atoms with Gasteiger partial charge in [-0.2, -0.15) is 0 Å². The summed E-state index contributed by atoms with van der Waals surface area (Å²) < 4.78 is 13.6. The fraction of sp³-hybridized carbons (Fsp3) is 0.462. The van der Waals surface area contributed by atoms with E-state index in [1.807, 2.05) is 6.92 Å². The van der Waals surface area contributed by atoms with Crippen molar-refractivity contribution in [3.05, 3.63) is 35.1 Å². The first-order chi connectivity index (χ1) is 8.50. The van der Waals surface area contributed by atoms with Crippen molar-refractivity contribution in [3.63, 3.8) is 0 Å². The zero-order valence-electron chi connectivity index (χ0n) is 10.5. The van der Waals surface area contributed by atoms with E-state index < -0.39 is 17.8 Å². The summed E-state index contributed by atoms with van der Waals surface area (Å²) in [5, 5.41) is 12.7. The van der Waals surface area contributed by atoms with Crippen LogP contribution in [0.15, 0.2) is 18.2 Å². The number of aliphatic hydroxyl groups excluding tert-OH is 1. The Bertz CT molecular complexity index is 464. The van der Waals surface area contributed by atoms with Gasteiger partial charge in [-0.1, -0.05) is 11.6 Å². The van der Waals surface area contributed by atoms with Gasteiger partial charge in [0.05, 0.1) is 17.7 Å². The van der Waals surface area contributed by atoms with Crippen LogP contribution in [-0.4, -0.2) is 48.2 Å². The predicted molar refractivity (Wildman–Crippen MR) is 65.9 cm³/mol. The third-order valence-corrected chi connectivity index (χ3v) is 3.32. The minimum atomic E-state index is -0.605. The number of likely N-dealkylation sites (N-methyl/N-ethyl adjacent to an activating group) is 1. The zero-order chi connectivity index (χ0) is 13.3. The average molecular weight is 252 g/mol. The lowest BCUT2D eigenvalue weighted by atomic mass is 10.1. The molecule has 0 spiro atoms. The number of hydrogen-bond acceptors (Lipinski definition) is 3. The largest absolute Gasteiger partial charge is 0.390 e. The lowest BCUT2D eigenvalue weighted by molar-refractivity contribution is 0.0577. The van der Waals surface area contributed by atoms with Gasteiger partial charge in [0, 0.05) is 20.1 Å². The van der Waals surface area contributed by atoms with Crippen molar-refractivity contribution in [2.45, 2.75) is 19.1 Å². The SMILES string of the molecule is Cc1ccc(F)c(C(=O)N(C)[C@H]2CNC[C@@H]2O)c1. The van der Waals surface area contributed by atoms with E-state index in [0.29, 0.717) is 13.1 Å². The molecule has 98 valence electrons. The Labute approximate surface area is 105 Å². The van der Waals surface area contributed by atoms with Crippen LogP contribution >= 0.6 is 0 Å². The average Bonchev–Trinajstić information content (AvgIpc) is 2.77. The Balaban J connectivity index is 2.22. The molecule has 2 N–H and O–H groups in total. The first kappa shape index (κ1) is 13.0. The van der Waals surface area contributed by atoms with E-state index in [4.69, 9.17) is 0 Å². The van der Waals surface area contributed by atoms with Crippen LogP contribution in [0.2, 0.25) is 0 Å². The molecular weight excluding hydrogens is 235 g/mol. The fourth-order valence-corrected chi connectivity index (χ4v) is 2.19. The summed E-state index contributed by atoms with van der Waals surface area (Å²) in [5.41, 5.74) is 0.884. The number of aryl methyl sites for hydroxylation is 1. The van der Waals surface area contributed by atoms with Gasteiger partial charge in [0.2, 0.25) is 0 Å². The molecule has 1 aromatic rings. The molecule has 5 heteroatoms. The van der Waals surface area contributed by atoms with Gasteiger partial charge in [0.1, 0.15) is 5.82 Å². The highest BCUT2D eigenvalue weighted by Crippen LogP contribution is 2.16. The first-order valence-electron chi connectivity index (χ1n) is 5.93. The molecule has 1 amide bonds. The highest BCUT2D eigenvalue weighted by Gasteiger charge is 2.32. The molecule has 0 aromatic heterocycles. The number of aliphatic hydroxyl groups is 1. The molecule has 0 bridgehead atoms. The fourth-order valence-electron chi connectivity index (χ4n) is 2.19. The number of β-amino-alcohol motifs (C(OH)–C–C–N with tert-alkyl or cyclic N) is 1. The van der Waals surface area contributed by atoms with Gasteiger partial charge in [-0.3, -0.25) is 4.79 Å². The Hall–Kier alpha value is -1.46. The van der Waals surface area contributed by atoms with Gasteiger partial charge in [0.25, 0.3) is 5.91 Å². The van der Waals surface area contributed by atoms with Crippen LogP contribution in [0.25, 0.3) is 0 Å². The second-order valence-electron chi connectivity index (χ2n) is 4.69. The molecule has 1 aliphatic heterocycles. The lowest BCUT2D eigenvalue weighted by Crippen LogP contribution is -2.44. The summed E-state index contributed by atoms with van der Waals surface area (Å²) in [5.74, 6) is -0.929. The van der Waals surface area contributed by atoms with E-state index in [2.05, 4.69) is 5.32 Å². The molecule has 18 heavy (non-hydrogen) atoms. The smallest absolute Gasteiger partial charge is 0.256 e. The molecule has 1 aromatic carbocycles. The number of carbonyl (C=O) groups is 1. The van der Waals surface area contributed by atoms with Crippen LogP contribution in [0.4, 0.5) is 4.39 Å². The summed E-state index contributed by atoms with van der Waals surface area (Å²) >= 11 is 0. The molecule has 1 heterocycles. The van der Waals surface area contributed by atoms with Crippen LogP contribution in [0, 0.1) is 12.7 Å².